The molecule has 2 aliphatic carbocycles. The molecule has 33 heavy (non-hydrogen) atoms. The number of nitrogens with one attached hydrogen (secondary N) is 4. The zero-order valence-electron chi connectivity index (χ0n) is 18.9. The molecule has 1 saturated heterocycles. The molecule has 3 aliphatic rings. The Morgan fingerprint density at radius 1 is 1.12 bits per heavy atom. The van der Waals surface area contributed by atoms with Gasteiger partial charge in [0.25, 0.3) is 0 Å². The number of nitriles is 1. The van der Waals surface area contributed by atoms with E-state index in [1.165, 1.54) is 32.1 Å². The molecule has 174 valence electrons. The Morgan fingerprint density at radius 3 is 2.61 bits per heavy atom. The average Bonchev–Trinajstić information content (AvgIpc) is 2.79. The van der Waals surface area contributed by atoms with E-state index in [0.717, 1.165) is 37.0 Å². The van der Waals surface area contributed by atoms with E-state index in [2.05, 4.69) is 37.3 Å². The van der Waals surface area contributed by atoms with Crippen LogP contribution in [-0.4, -0.2) is 41.7 Å². The monoisotopic (exact) mass is 465 g/mol. The van der Waals surface area contributed by atoms with Gasteiger partial charge in [0.15, 0.2) is 0 Å². The summed E-state index contributed by atoms with van der Waals surface area (Å²) in [5.41, 5.74) is 1.46. The number of aromatic nitrogens is 2. The Kier molecular flexibility index (Phi) is 6.96. The maximum Gasteiger partial charge on any atom is 0.224 e. The molecule has 4 atom stereocenters. The van der Waals surface area contributed by atoms with Gasteiger partial charge in [0, 0.05) is 43.3 Å². The summed E-state index contributed by atoms with van der Waals surface area (Å²) >= 11 is 6.25. The number of nitrogens with zero attached hydrogens (tertiary/aromatic N) is 3. The highest BCUT2D eigenvalue weighted by Crippen LogP contribution is 2.43. The van der Waals surface area contributed by atoms with Crippen LogP contribution < -0.4 is 21.3 Å². The van der Waals surface area contributed by atoms with Crippen molar-refractivity contribution < 1.29 is 0 Å². The predicted octanol–water partition coefficient (Wildman–Crippen LogP) is 3.78. The summed E-state index contributed by atoms with van der Waals surface area (Å²) in [4.78, 5) is 8.91. The second kappa shape index (κ2) is 10.3. The van der Waals surface area contributed by atoms with E-state index in [1.54, 1.807) is 6.20 Å². The van der Waals surface area contributed by atoms with Crippen molar-refractivity contribution in [2.75, 3.05) is 30.3 Å². The highest BCUT2D eigenvalue weighted by atomic mass is 35.5. The number of hydrogen-bond acceptors (Lipinski definition) is 7. The SMILES string of the molecule is N#Cc1cnc(NCc2ccccc2Cl)nc1NCC1C[C@H]2CCC[C@@H](C1)[C@@H]2NC1CNC1. The number of anilines is 2. The van der Waals surface area contributed by atoms with Gasteiger partial charge in [-0.1, -0.05) is 36.2 Å². The Bertz CT molecular complexity index is 988. The van der Waals surface area contributed by atoms with Gasteiger partial charge < -0.3 is 21.3 Å². The van der Waals surface area contributed by atoms with Crippen molar-refractivity contribution in [1.82, 2.24) is 20.6 Å². The van der Waals surface area contributed by atoms with Crippen molar-refractivity contribution in [3.05, 3.63) is 46.6 Å². The minimum Gasteiger partial charge on any atom is -0.369 e. The Labute approximate surface area is 200 Å². The van der Waals surface area contributed by atoms with Crippen LogP contribution in [0.25, 0.3) is 0 Å². The van der Waals surface area contributed by atoms with Gasteiger partial charge in [-0.2, -0.15) is 10.2 Å². The average molecular weight is 466 g/mol. The molecule has 2 saturated carbocycles. The number of rotatable bonds is 8. The normalized spacial score (nSPS) is 26.8. The molecule has 2 heterocycles. The van der Waals surface area contributed by atoms with Crippen molar-refractivity contribution in [2.24, 2.45) is 17.8 Å². The zero-order valence-corrected chi connectivity index (χ0v) is 19.6. The van der Waals surface area contributed by atoms with Crippen LogP contribution in [0.5, 0.6) is 0 Å². The first-order chi connectivity index (χ1) is 16.2. The summed E-state index contributed by atoms with van der Waals surface area (Å²) in [7, 11) is 0. The molecular weight excluding hydrogens is 434 g/mol. The van der Waals surface area contributed by atoms with E-state index < -0.39 is 0 Å². The molecule has 7 nitrogen and oxygen atoms in total. The minimum atomic E-state index is 0.478. The third-order valence-corrected chi connectivity index (χ3v) is 7.88. The molecule has 8 heteroatoms. The van der Waals surface area contributed by atoms with Crippen LogP contribution >= 0.6 is 11.6 Å². The summed E-state index contributed by atoms with van der Waals surface area (Å²) in [6.45, 7) is 3.60. The first kappa shape index (κ1) is 22.4. The Balaban J connectivity index is 1.20. The maximum atomic E-state index is 9.55. The summed E-state index contributed by atoms with van der Waals surface area (Å²) in [6.07, 6.45) is 8.10. The quantitative estimate of drug-likeness (QED) is 0.471. The molecule has 4 N–H and O–H groups in total. The summed E-state index contributed by atoms with van der Waals surface area (Å²) in [5, 5.41) is 24.3. The molecule has 1 aliphatic heterocycles. The van der Waals surface area contributed by atoms with Gasteiger partial charge in [0.2, 0.25) is 5.95 Å². The van der Waals surface area contributed by atoms with E-state index >= 15 is 0 Å². The fraction of sp³-hybridized carbons (Fsp3) is 0.560. The highest BCUT2D eigenvalue weighted by molar-refractivity contribution is 6.31. The van der Waals surface area contributed by atoms with Crippen LogP contribution in [0.3, 0.4) is 0 Å². The zero-order chi connectivity index (χ0) is 22.6. The molecule has 2 aromatic rings. The Hall–Kier alpha value is -2.40. The van der Waals surface area contributed by atoms with E-state index in [-0.39, 0.29) is 0 Å². The second-order valence-electron chi connectivity index (χ2n) is 9.73. The first-order valence-corrected chi connectivity index (χ1v) is 12.5. The lowest BCUT2D eigenvalue weighted by atomic mass is 9.64. The number of hydrogen-bond donors (Lipinski definition) is 4. The van der Waals surface area contributed by atoms with Gasteiger partial charge >= 0.3 is 0 Å². The molecule has 1 aromatic heterocycles. The van der Waals surface area contributed by atoms with Gasteiger partial charge in [0.05, 0.1) is 6.20 Å². The standard InChI is InChI=1S/C25H32ClN7/c26-22-7-2-1-4-19(22)12-30-25-31-13-20(10-27)24(33-25)29-11-16-8-17-5-3-6-18(9-16)23(17)32-21-14-28-15-21/h1-2,4,7,13,16-18,21,23,28,32H,3,5-6,8-9,11-12,14-15H2,(H2,29,30,31,33)/t16?,17-,18+,23-. The molecule has 0 spiro atoms. The summed E-state index contributed by atoms with van der Waals surface area (Å²) < 4.78 is 0. The van der Waals surface area contributed by atoms with E-state index in [9.17, 15) is 5.26 Å². The van der Waals surface area contributed by atoms with E-state index in [1.807, 2.05) is 24.3 Å². The van der Waals surface area contributed by atoms with Crippen LogP contribution in [0.1, 0.15) is 43.2 Å². The lowest BCUT2D eigenvalue weighted by Crippen LogP contribution is -2.62. The maximum absolute atomic E-state index is 9.55. The molecule has 0 amide bonds. The lowest BCUT2D eigenvalue weighted by Gasteiger charge is -2.48. The molecule has 2 bridgehead atoms. The summed E-state index contributed by atoms with van der Waals surface area (Å²) in [5.74, 6) is 3.24. The van der Waals surface area contributed by atoms with Crippen molar-refractivity contribution in [2.45, 2.75) is 50.7 Å². The fourth-order valence-electron chi connectivity index (χ4n) is 5.73. The smallest absolute Gasteiger partial charge is 0.224 e. The first-order valence-electron chi connectivity index (χ1n) is 12.1. The molecule has 1 unspecified atom stereocenters. The third kappa shape index (κ3) is 5.24. The number of benzene rings is 1. The Morgan fingerprint density at radius 2 is 1.91 bits per heavy atom. The van der Waals surface area contributed by atoms with Crippen LogP contribution in [0.4, 0.5) is 11.8 Å². The fourth-order valence-corrected chi connectivity index (χ4v) is 5.93. The van der Waals surface area contributed by atoms with E-state index in [4.69, 9.17) is 11.6 Å². The molecule has 0 radical (unpaired) electrons. The molecular formula is C25H32ClN7. The number of fused-ring (bicyclic) bond motifs is 2. The van der Waals surface area contributed by atoms with Crippen LogP contribution in [0.15, 0.2) is 30.5 Å². The second-order valence-corrected chi connectivity index (χ2v) is 10.1. The molecule has 1 aromatic carbocycles. The van der Waals surface area contributed by atoms with Crippen LogP contribution in [0.2, 0.25) is 5.02 Å². The summed E-state index contributed by atoms with van der Waals surface area (Å²) in [6, 6.07) is 11.3. The van der Waals surface area contributed by atoms with Crippen molar-refractivity contribution in [3.63, 3.8) is 0 Å². The van der Waals surface area contributed by atoms with Gasteiger partial charge in [-0.25, -0.2) is 4.98 Å². The van der Waals surface area contributed by atoms with Gasteiger partial charge in [-0.3, -0.25) is 0 Å². The molecule has 3 fully saturated rings. The largest absolute Gasteiger partial charge is 0.369 e. The predicted molar refractivity (Wildman–Crippen MR) is 131 cm³/mol. The topological polar surface area (TPSA) is 97.7 Å². The van der Waals surface area contributed by atoms with Crippen molar-refractivity contribution >= 4 is 23.4 Å². The van der Waals surface area contributed by atoms with E-state index in [0.29, 0.717) is 46.9 Å². The minimum absolute atomic E-state index is 0.478. The van der Waals surface area contributed by atoms with Crippen LogP contribution in [-0.2, 0) is 6.54 Å². The highest BCUT2D eigenvalue weighted by Gasteiger charge is 2.41. The van der Waals surface area contributed by atoms with Gasteiger partial charge in [-0.15, -0.1) is 0 Å². The van der Waals surface area contributed by atoms with Crippen molar-refractivity contribution in [3.8, 4) is 6.07 Å². The third-order valence-electron chi connectivity index (χ3n) is 7.51. The lowest BCUT2D eigenvalue weighted by molar-refractivity contribution is 0.0740. The van der Waals surface area contributed by atoms with Gasteiger partial charge in [0.1, 0.15) is 17.5 Å². The van der Waals surface area contributed by atoms with Crippen LogP contribution in [0, 0.1) is 29.1 Å². The van der Waals surface area contributed by atoms with Crippen molar-refractivity contribution in [1.29, 1.82) is 5.26 Å². The molecule has 5 rings (SSSR count). The number of halogens is 1. The van der Waals surface area contributed by atoms with Gasteiger partial charge in [-0.05, 0) is 55.1 Å².